The van der Waals surface area contributed by atoms with Crippen LogP contribution in [0.15, 0.2) is 107 Å². The Morgan fingerprint density at radius 1 is 0.973 bits per heavy atom. The maximum Gasteiger partial charge on any atom is 0.311 e. The van der Waals surface area contributed by atoms with Crippen LogP contribution in [0.4, 0.5) is 10.1 Å². The fraction of sp³-hybridized carbons (Fsp3) is 0.0357. The number of hydrogen-bond acceptors (Lipinski definition) is 6. The molecule has 1 aromatic heterocycles. The Labute approximate surface area is 210 Å². The van der Waals surface area contributed by atoms with Crippen molar-refractivity contribution in [2.24, 2.45) is 5.10 Å². The summed E-state index contributed by atoms with van der Waals surface area (Å²) < 4.78 is 20.5. The molecular formula is C28H19FN4O4. The molecule has 0 atom stereocenters. The number of nitro benzene ring substituents is 1. The Hall–Kier alpha value is -5.18. The van der Waals surface area contributed by atoms with Crippen LogP contribution in [-0.2, 0) is 6.61 Å². The van der Waals surface area contributed by atoms with Crippen molar-refractivity contribution >= 4 is 22.8 Å². The van der Waals surface area contributed by atoms with E-state index in [4.69, 9.17) is 4.74 Å². The molecule has 0 unspecified atom stereocenters. The van der Waals surface area contributed by atoms with Gasteiger partial charge in [0.05, 0.1) is 22.0 Å². The molecule has 182 valence electrons. The van der Waals surface area contributed by atoms with Gasteiger partial charge in [0, 0.05) is 17.2 Å². The van der Waals surface area contributed by atoms with Gasteiger partial charge in [0.15, 0.2) is 5.82 Å². The zero-order valence-corrected chi connectivity index (χ0v) is 19.3. The predicted octanol–water partition coefficient (Wildman–Crippen LogP) is 5.57. The summed E-state index contributed by atoms with van der Waals surface area (Å²) in [6.45, 7) is -0.101. The molecule has 0 radical (unpaired) electrons. The van der Waals surface area contributed by atoms with Crippen molar-refractivity contribution in [3.05, 3.63) is 134 Å². The molecule has 9 heteroatoms. The van der Waals surface area contributed by atoms with Gasteiger partial charge in [0.2, 0.25) is 5.75 Å². The molecule has 0 aliphatic carbocycles. The normalized spacial score (nSPS) is 11.2. The van der Waals surface area contributed by atoms with Gasteiger partial charge in [0.25, 0.3) is 5.56 Å². The third kappa shape index (κ3) is 4.96. The van der Waals surface area contributed by atoms with Crippen LogP contribution in [0.3, 0.4) is 0 Å². The lowest BCUT2D eigenvalue weighted by Crippen LogP contribution is -2.20. The third-order valence-corrected chi connectivity index (χ3v) is 5.59. The summed E-state index contributed by atoms with van der Waals surface area (Å²) >= 11 is 0. The number of fused-ring (bicyclic) bond motifs is 1. The highest BCUT2D eigenvalue weighted by atomic mass is 19.1. The number of halogens is 1. The molecule has 5 aromatic rings. The van der Waals surface area contributed by atoms with E-state index >= 15 is 0 Å². The Morgan fingerprint density at radius 3 is 2.51 bits per heavy atom. The Balaban J connectivity index is 1.61. The molecule has 0 bridgehead atoms. The first-order valence-corrected chi connectivity index (χ1v) is 11.3. The summed E-state index contributed by atoms with van der Waals surface area (Å²) in [6, 6.07) is 26.2. The second-order valence-corrected chi connectivity index (χ2v) is 8.05. The maximum atomic E-state index is 13.6. The second-order valence-electron chi connectivity index (χ2n) is 8.05. The minimum absolute atomic E-state index is 0.0523. The van der Waals surface area contributed by atoms with Crippen LogP contribution in [0, 0.1) is 15.9 Å². The highest BCUT2D eigenvalue weighted by molar-refractivity contribution is 5.86. The number of benzene rings is 4. The molecular weight excluding hydrogens is 475 g/mol. The molecule has 0 saturated heterocycles. The summed E-state index contributed by atoms with van der Waals surface area (Å²) in [4.78, 5) is 29.2. The number of nitrogens with zero attached hydrogens (tertiary/aromatic N) is 4. The summed E-state index contributed by atoms with van der Waals surface area (Å²) in [5.74, 6) is -0.182. The fourth-order valence-electron chi connectivity index (χ4n) is 3.85. The molecule has 5 rings (SSSR count). The minimum Gasteiger partial charge on any atom is -0.481 e. The van der Waals surface area contributed by atoms with E-state index in [9.17, 15) is 19.3 Å². The zero-order valence-electron chi connectivity index (χ0n) is 19.3. The molecule has 4 aromatic carbocycles. The minimum atomic E-state index is -0.572. The molecule has 37 heavy (non-hydrogen) atoms. The van der Waals surface area contributed by atoms with Crippen molar-refractivity contribution in [3.63, 3.8) is 0 Å². The van der Waals surface area contributed by atoms with E-state index in [1.807, 2.05) is 30.3 Å². The van der Waals surface area contributed by atoms with Crippen LogP contribution < -0.4 is 10.3 Å². The van der Waals surface area contributed by atoms with Crippen molar-refractivity contribution < 1.29 is 14.1 Å². The van der Waals surface area contributed by atoms with E-state index in [2.05, 4.69) is 10.1 Å². The Bertz CT molecular complexity index is 1700. The molecule has 1 heterocycles. The van der Waals surface area contributed by atoms with Gasteiger partial charge in [-0.25, -0.2) is 9.37 Å². The van der Waals surface area contributed by atoms with Gasteiger partial charge in [-0.2, -0.15) is 9.78 Å². The number of para-hydroxylation sites is 2. The molecule has 0 spiro atoms. The SMILES string of the molecule is O=c1c2ccccc2nc(-c2ccccc2)n1N=Cc1cccc([N+](=O)[O-])c1OCc1cccc(F)c1. The molecule has 0 amide bonds. The fourth-order valence-corrected chi connectivity index (χ4v) is 3.85. The smallest absolute Gasteiger partial charge is 0.311 e. The zero-order chi connectivity index (χ0) is 25.8. The molecule has 0 saturated carbocycles. The van der Waals surface area contributed by atoms with Gasteiger partial charge < -0.3 is 4.74 Å². The first-order valence-electron chi connectivity index (χ1n) is 11.3. The number of hydrogen-bond donors (Lipinski definition) is 0. The number of aromatic nitrogens is 2. The average Bonchev–Trinajstić information content (AvgIpc) is 2.92. The molecule has 0 aliphatic rings. The van der Waals surface area contributed by atoms with Gasteiger partial charge in [-0.15, -0.1) is 0 Å². The van der Waals surface area contributed by atoms with E-state index in [1.54, 1.807) is 36.4 Å². The van der Waals surface area contributed by atoms with E-state index in [0.29, 0.717) is 27.9 Å². The van der Waals surface area contributed by atoms with Crippen molar-refractivity contribution in [1.82, 2.24) is 9.66 Å². The molecule has 0 N–H and O–H groups in total. The van der Waals surface area contributed by atoms with Crippen molar-refractivity contribution in [2.45, 2.75) is 6.61 Å². The lowest BCUT2D eigenvalue weighted by molar-refractivity contribution is -0.385. The van der Waals surface area contributed by atoms with Crippen LogP contribution in [0.1, 0.15) is 11.1 Å². The summed E-state index contributed by atoms with van der Waals surface area (Å²) in [5, 5.41) is 16.5. The predicted molar refractivity (Wildman–Crippen MR) is 138 cm³/mol. The van der Waals surface area contributed by atoms with Crippen LogP contribution in [0.2, 0.25) is 0 Å². The van der Waals surface area contributed by atoms with Crippen molar-refractivity contribution in [2.75, 3.05) is 0 Å². The first-order chi connectivity index (χ1) is 18.0. The standard InChI is InChI=1S/C28H19FN4O4/c29-22-12-6-8-19(16-22)18-37-26-21(11-7-15-25(26)33(35)36)17-30-32-27(20-9-2-1-3-10-20)31-24-14-5-4-13-23(24)28(32)34/h1-17H,18H2. The van der Waals surface area contributed by atoms with E-state index < -0.39 is 16.3 Å². The second kappa shape index (κ2) is 10.2. The molecule has 0 fully saturated rings. The van der Waals surface area contributed by atoms with E-state index in [1.165, 1.54) is 36.5 Å². The highest BCUT2D eigenvalue weighted by Gasteiger charge is 2.19. The number of nitro groups is 1. The topological polar surface area (TPSA) is 99.6 Å². The third-order valence-electron chi connectivity index (χ3n) is 5.59. The summed E-state index contributed by atoms with van der Waals surface area (Å²) in [6.07, 6.45) is 1.32. The van der Waals surface area contributed by atoms with Gasteiger partial charge >= 0.3 is 5.69 Å². The van der Waals surface area contributed by atoms with Gasteiger partial charge in [-0.3, -0.25) is 14.9 Å². The van der Waals surface area contributed by atoms with Crippen LogP contribution in [0.25, 0.3) is 22.3 Å². The van der Waals surface area contributed by atoms with Crippen LogP contribution in [0.5, 0.6) is 5.75 Å². The van der Waals surface area contributed by atoms with E-state index in [0.717, 1.165) is 4.68 Å². The Kier molecular flexibility index (Phi) is 6.50. The van der Waals surface area contributed by atoms with Crippen LogP contribution in [-0.4, -0.2) is 20.8 Å². The number of rotatable bonds is 7. The summed E-state index contributed by atoms with van der Waals surface area (Å²) in [5.41, 5.74) is 1.28. The highest BCUT2D eigenvalue weighted by Crippen LogP contribution is 2.31. The Morgan fingerprint density at radius 2 is 1.73 bits per heavy atom. The van der Waals surface area contributed by atoms with Gasteiger partial charge in [-0.05, 0) is 35.9 Å². The van der Waals surface area contributed by atoms with Gasteiger partial charge in [0.1, 0.15) is 12.4 Å². The van der Waals surface area contributed by atoms with Crippen LogP contribution >= 0.6 is 0 Å². The lowest BCUT2D eigenvalue weighted by Gasteiger charge is -2.11. The average molecular weight is 494 g/mol. The maximum absolute atomic E-state index is 13.6. The molecule has 0 aliphatic heterocycles. The van der Waals surface area contributed by atoms with Crippen molar-refractivity contribution in [3.8, 4) is 17.1 Å². The van der Waals surface area contributed by atoms with Crippen molar-refractivity contribution in [1.29, 1.82) is 0 Å². The van der Waals surface area contributed by atoms with Gasteiger partial charge in [-0.1, -0.05) is 60.7 Å². The first kappa shape index (κ1) is 23.6. The monoisotopic (exact) mass is 494 g/mol. The quantitative estimate of drug-likeness (QED) is 0.167. The lowest BCUT2D eigenvalue weighted by atomic mass is 10.1. The number of ether oxygens (including phenoxy) is 1. The summed E-state index contributed by atoms with van der Waals surface area (Å²) in [7, 11) is 0. The van der Waals surface area contributed by atoms with E-state index in [-0.39, 0.29) is 23.6 Å². The molecule has 8 nitrogen and oxygen atoms in total. The largest absolute Gasteiger partial charge is 0.481 e.